The summed E-state index contributed by atoms with van der Waals surface area (Å²) in [5, 5.41) is 2.99. The lowest BCUT2D eigenvalue weighted by Gasteiger charge is -2.16. The van der Waals surface area contributed by atoms with Crippen molar-refractivity contribution in [2.75, 3.05) is 20.3 Å². The van der Waals surface area contributed by atoms with E-state index in [1.54, 1.807) is 7.11 Å². The molecule has 4 nitrogen and oxygen atoms in total. The molecular formula is C15H32N2O2. The molecule has 0 saturated carbocycles. The van der Waals surface area contributed by atoms with E-state index in [0.717, 1.165) is 19.3 Å². The number of hydrogen-bond donors (Lipinski definition) is 2. The first-order valence-electron chi connectivity index (χ1n) is 7.73. The molecule has 3 N–H and O–H groups in total. The van der Waals surface area contributed by atoms with Gasteiger partial charge in [0.1, 0.15) is 0 Å². The third-order valence-electron chi connectivity index (χ3n) is 3.26. The second kappa shape index (κ2) is 13.8. The molecule has 114 valence electrons. The Morgan fingerprint density at radius 1 is 1.16 bits per heavy atom. The number of nitrogens with two attached hydrogens (primary N) is 1. The van der Waals surface area contributed by atoms with Crippen LogP contribution < -0.4 is 11.1 Å². The van der Waals surface area contributed by atoms with Crippen molar-refractivity contribution in [3.8, 4) is 0 Å². The molecule has 0 aromatic rings. The van der Waals surface area contributed by atoms with Gasteiger partial charge < -0.3 is 15.8 Å². The van der Waals surface area contributed by atoms with Gasteiger partial charge in [0.2, 0.25) is 5.91 Å². The minimum Gasteiger partial charge on any atom is -0.383 e. The molecule has 0 aliphatic carbocycles. The van der Waals surface area contributed by atoms with Crippen molar-refractivity contribution in [2.24, 2.45) is 5.73 Å². The second-order valence-corrected chi connectivity index (χ2v) is 5.17. The average molecular weight is 272 g/mol. The molecule has 0 aliphatic rings. The highest BCUT2D eigenvalue weighted by Crippen LogP contribution is 2.08. The van der Waals surface area contributed by atoms with Gasteiger partial charge in [-0.25, -0.2) is 0 Å². The van der Waals surface area contributed by atoms with Gasteiger partial charge in [-0.15, -0.1) is 0 Å². The third kappa shape index (κ3) is 12.2. The number of methoxy groups -OCH3 is 1. The van der Waals surface area contributed by atoms with Crippen molar-refractivity contribution in [3.05, 3.63) is 0 Å². The lowest BCUT2D eigenvalue weighted by Crippen LogP contribution is -2.39. The Balaban J connectivity index is 3.51. The summed E-state index contributed by atoms with van der Waals surface area (Å²) >= 11 is 0. The summed E-state index contributed by atoms with van der Waals surface area (Å²) in [4.78, 5) is 11.7. The van der Waals surface area contributed by atoms with Gasteiger partial charge >= 0.3 is 0 Å². The van der Waals surface area contributed by atoms with E-state index in [-0.39, 0.29) is 11.9 Å². The van der Waals surface area contributed by atoms with Gasteiger partial charge in [0.05, 0.1) is 12.6 Å². The van der Waals surface area contributed by atoms with E-state index in [1.807, 2.05) is 0 Å². The summed E-state index contributed by atoms with van der Waals surface area (Å²) < 4.78 is 5.07. The summed E-state index contributed by atoms with van der Waals surface area (Å²) in [7, 11) is 1.64. The highest BCUT2D eigenvalue weighted by molar-refractivity contribution is 5.76. The lowest BCUT2D eigenvalue weighted by atomic mass is 10.1. The van der Waals surface area contributed by atoms with Crippen molar-refractivity contribution in [3.63, 3.8) is 0 Å². The largest absolute Gasteiger partial charge is 0.383 e. The summed E-state index contributed by atoms with van der Waals surface area (Å²) in [6.45, 7) is 3.34. The summed E-state index contributed by atoms with van der Waals surface area (Å²) in [6.07, 6.45) is 10.0. The third-order valence-corrected chi connectivity index (χ3v) is 3.26. The van der Waals surface area contributed by atoms with Gasteiger partial charge in [-0.1, -0.05) is 45.4 Å². The summed E-state index contributed by atoms with van der Waals surface area (Å²) in [5.41, 5.74) is 5.51. The summed E-state index contributed by atoms with van der Waals surface area (Å²) in [5.74, 6) is 0.129. The number of carbonyl (C=O) groups is 1. The van der Waals surface area contributed by atoms with Crippen molar-refractivity contribution >= 4 is 5.91 Å². The monoisotopic (exact) mass is 272 g/mol. The number of hydrogen-bond acceptors (Lipinski definition) is 3. The highest BCUT2D eigenvalue weighted by atomic mass is 16.5. The van der Waals surface area contributed by atoms with Crippen LogP contribution in [0.25, 0.3) is 0 Å². The van der Waals surface area contributed by atoms with Crippen LogP contribution in [0.1, 0.15) is 64.7 Å². The molecule has 0 bridgehead atoms. The zero-order valence-electron chi connectivity index (χ0n) is 12.7. The predicted molar refractivity (Wildman–Crippen MR) is 80.1 cm³/mol. The number of rotatable bonds is 13. The van der Waals surface area contributed by atoms with E-state index < -0.39 is 0 Å². The molecule has 0 saturated heterocycles. The predicted octanol–water partition coefficient (Wildman–Crippen LogP) is 2.61. The molecule has 0 spiro atoms. The number of nitrogens with one attached hydrogen (secondary N) is 1. The topological polar surface area (TPSA) is 64.4 Å². The molecule has 1 unspecified atom stereocenters. The Hall–Kier alpha value is -0.610. The molecule has 0 aliphatic heterocycles. The summed E-state index contributed by atoms with van der Waals surface area (Å²) in [6, 6.07) is 0.0621. The molecular weight excluding hydrogens is 240 g/mol. The van der Waals surface area contributed by atoms with E-state index >= 15 is 0 Å². The number of unbranched alkanes of at least 4 members (excludes halogenated alkanes) is 6. The Morgan fingerprint density at radius 3 is 2.37 bits per heavy atom. The maximum absolute atomic E-state index is 11.7. The van der Waals surface area contributed by atoms with E-state index in [0.29, 0.717) is 19.6 Å². The van der Waals surface area contributed by atoms with Gasteiger partial charge in [0, 0.05) is 13.5 Å². The van der Waals surface area contributed by atoms with Crippen LogP contribution in [0.4, 0.5) is 0 Å². The van der Waals surface area contributed by atoms with E-state index in [4.69, 9.17) is 10.5 Å². The first-order chi connectivity index (χ1) is 9.24. The number of amides is 1. The molecule has 4 heteroatoms. The maximum Gasteiger partial charge on any atom is 0.220 e. The van der Waals surface area contributed by atoms with Crippen molar-refractivity contribution in [1.82, 2.24) is 5.32 Å². The zero-order chi connectivity index (χ0) is 14.3. The first kappa shape index (κ1) is 18.4. The lowest BCUT2D eigenvalue weighted by molar-refractivity contribution is -0.122. The average Bonchev–Trinajstić information content (AvgIpc) is 2.38. The molecule has 0 aromatic heterocycles. The molecule has 19 heavy (non-hydrogen) atoms. The molecule has 0 rings (SSSR count). The van der Waals surface area contributed by atoms with Crippen molar-refractivity contribution in [2.45, 2.75) is 70.8 Å². The van der Waals surface area contributed by atoms with Crippen LogP contribution >= 0.6 is 0 Å². The zero-order valence-corrected chi connectivity index (χ0v) is 12.7. The smallest absolute Gasteiger partial charge is 0.220 e. The molecule has 0 radical (unpaired) electrons. The van der Waals surface area contributed by atoms with Gasteiger partial charge in [0.15, 0.2) is 0 Å². The van der Waals surface area contributed by atoms with Crippen LogP contribution in [0.3, 0.4) is 0 Å². The molecule has 0 fully saturated rings. The van der Waals surface area contributed by atoms with Crippen LogP contribution in [0, 0.1) is 0 Å². The van der Waals surface area contributed by atoms with E-state index in [2.05, 4.69) is 12.2 Å². The van der Waals surface area contributed by atoms with Crippen LogP contribution in [0.5, 0.6) is 0 Å². The minimum absolute atomic E-state index is 0.0621. The minimum atomic E-state index is 0.0621. The van der Waals surface area contributed by atoms with E-state index in [9.17, 15) is 4.79 Å². The fraction of sp³-hybridized carbons (Fsp3) is 0.933. The van der Waals surface area contributed by atoms with Crippen LogP contribution in [-0.2, 0) is 9.53 Å². The SMILES string of the molecule is CCCCCCCCCC(=O)NC(CCN)COC. The Bertz CT molecular complexity index is 204. The second-order valence-electron chi connectivity index (χ2n) is 5.17. The number of carbonyl (C=O) groups excluding carboxylic acids is 1. The highest BCUT2D eigenvalue weighted by Gasteiger charge is 2.10. The molecule has 0 aromatic carbocycles. The molecule has 1 amide bonds. The Labute approximate surface area is 118 Å². The van der Waals surface area contributed by atoms with Gasteiger partial charge in [0.25, 0.3) is 0 Å². The van der Waals surface area contributed by atoms with Crippen LogP contribution in [0.2, 0.25) is 0 Å². The number of ether oxygens (including phenoxy) is 1. The fourth-order valence-electron chi connectivity index (χ4n) is 2.14. The van der Waals surface area contributed by atoms with Crippen molar-refractivity contribution < 1.29 is 9.53 Å². The van der Waals surface area contributed by atoms with Gasteiger partial charge in [-0.3, -0.25) is 4.79 Å². The standard InChI is InChI=1S/C15H32N2O2/c1-3-4-5-6-7-8-9-10-15(18)17-14(11-12-16)13-19-2/h14H,3-13,16H2,1-2H3,(H,17,18). The Morgan fingerprint density at radius 2 is 1.79 bits per heavy atom. The van der Waals surface area contributed by atoms with Crippen LogP contribution in [0.15, 0.2) is 0 Å². The van der Waals surface area contributed by atoms with Gasteiger partial charge in [-0.05, 0) is 19.4 Å². The molecule has 0 heterocycles. The van der Waals surface area contributed by atoms with E-state index in [1.165, 1.54) is 32.1 Å². The first-order valence-corrected chi connectivity index (χ1v) is 7.73. The molecule has 1 atom stereocenters. The quantitative estimate of drug-likeness (QED) is 0.507. The van der Waals surface area contributed by atoms with Gasteiger partial charge in [-0.2, -0.15) is 0 Å². The van der Waals surface area contributed by atoms with Crippen LogP contribution in [-0.4, -0.2) is 32.2 Å². The fourth-order valence-corrected chi connectivity index (χ4v) is 2.14. The van der Waals surface area contributed by atoms with Crippen molar-refractivity contribution in [1.29, 1.82) is 0 Å². The Kier molecular flexibility index (Phi) is 13.4. The normalized spacial score (nSPS) is 12.4. The maximum atomic E-state index is 11.7.